The molecule has 2 heterocycles. The number of hydrogen-bond acceptors (Lipinski definition) is 3. The quantitative estimate of drug-likeness (QED) is 0.596. The maximum absolute atomic E-state index is 12.4. The molecule has 1 unspecified atom stereocenters. The van der Waals surface area contributed by atoms with E-state index < -0.39 is 5.60 Å². The molecule has 3 N–H and O–H groups in total. The molecule has 1 aromatic heterocycles. The van der Waals surface area contributed by atoms with Crippen LogP contribution in [0.25, 0.3) is 11.6 Å². The number of methoxy groups -OCH3 is 1. The first-order valence-corrected chi connectivity index (χ1v) is 8.08. The number of carbonyl (C=O) groups is 1. The lowest BCUT2D eigenvalue weighted by Gasteiger charge is -2.12. The molecule has 3 rings (SSSR count). The second kappa shape index (κ2) is 6.50. The second-order valence-corrected chi connectivity index (χ2v) is 6.08. The van der Waals surface area contributed by atoms with Gasteiger partial charge in [-0.3, -0.25) is 4.79 Å². The summed E-state index contributed by atoms with van der Waals surface area (Å²) in [4.78, 5) is 15.5. The van der Waals surface area contributed by atoms with Crippen LogP contribution in [0.15, 0.2) is 30.5 Å². The summed E-state index contributed by atoms with van der Waals surface area (Å²) in [7, 11) is 1.58. The van der Waals surface area contributed by atoms with E-state index in [1.807, 2.05) is 25.1 Å². The molecule has 1 aromatic carbocycles. The van der Waals surface area contributed by atoms with Crippen molar-refractivity contribution in [2.24, 2.45) is 0 Å². The van der Waals surface area contributed by atoms with Gasteiger partial charge in [0.1, 0.15) is 11.4 Å². The number of carbonyl (C=O) groups excluding carboxylic acids is 1. The number of ether oxygens (including phenoxy) is 1. The standard InChI is InChI=1S/C20H20N2O3/c1-4-20(2,24)10-8-13-6-5-7-15-18(13)14(19(23)22-15)12-16-17(25-3)9-11-21-16/h5-7,9,11-12,21,24H,4H2,1-3H3,(H,22,23)/b14-12-. The van der Waals surface area contributed by atoms with Crippen molar-refractivity contribution in [1.82, 2.24) is 4.98 Å². The number of H-pyrrole nitrogens is 1. The summed E-state index contributed by atoms with van der Waals surface area (Å²) in [5.74, 6) is 6.37. The average Bonchev–Trinajstić information content (AvgIpc) is 3.18. The van der Waals surface area contributed by atoms with Crippen molar-refractivity contribution >= 4 is 23.2 Å². The normalized spacial score (nSPS) is 16.6. The molecule has 0 aliphatic carbocycles. The van der Waals surface area contributed by atoms with Gasteiger partial charge >= 0.3 is 0 Å². The molecule has 0 saturated heterocycles. The minimum absolute atomic E-state index is 0.192. The maximum atomic E-state index is 12.4. The number of rotatable bonds is 3. The van der Waals surface area contributed by atoms with Gasteiger partial charge in [-0.05, 0) is 37.6 Å². The Morgan fingerprint density at radius 2 is 2.16 bits per heavy atom. The van der Waals surface area contributed by atoms with Gasteiger partial charge in [0.05, 0.1) is 24.1 Å². The summed E-state index contributed by atoms with van der Waals surface area (Å²) < 4.78 is 5.29. The fourth-order valence-electron chi connectivity index (χ4n) is 2.59. The number of fused-ring (bicyclic) bond motifs is 1. The fraction of sp³-hybridized carbons (Fsp3) is 0.250. The highest BCUT2D eigenvalue weighted by molar-refractivity contribution is 6.35. The third-order valence-corrected chi connectivity index (χ3v) is 4.23. The topological polar surface area (TPSA) is 74.3 Å². The lowest BCUT2D eigenvalue weighted by molar-refractivity contribution is -0.110. The van der Waals surface area contributed by atoms with Gasteiger partial charge in [-0.1, -0.05) is 24.8 Å². The highest BCUT2D eigenvalue weighted by atomic mass is 16.5. The molecule has 0 fully saturated rings. The van der Waals surface area contributed by atoms with Crippen molar-refractivity contribution in [2.45, 2.75) is 25.9 Å². The highest BCUT2D eigenvalue weighted by Crippen LogP contribution is 2.36. The number of anilines is 1. The third kappa shape index (κ3) is 3.30. The number of nitrogens with one attached hydrogen (secondary N) is 2. The van der Waals surface area contributed by atoms with Crippen LogP contribution in [0.4, 0.5) is 5.69 Å². The van der Waals surface area contributed by atoms with Gasteiger partial charge in [0.15, 0.2) is 0 Å². The predicted octanol–water partition coefficient (Wildman–Crippen LogP) is 3.03. The summed E-state index contributed by atoms with van der Waals surface area (Å²) in [5, 5.41) is 13.0. The molecule has 25 heavy (non-hydrogen) atoms. The number of amides is 1. The zero-order valence-electron chi connectivity index (χ0n) is 14.4. The van der Waals surface area contributed by atoms with Gasteiger partial charge in [0.2, 0.25) is 0 Å². The predicted molar refractivity (Wildman–Crippen MR) is 98.1 cm³/mol. The number of benzene rings is 1. The van der Waals surface area contributed by atoms with Gasteiger partial charge in [-0.2, -0.15) is 0 Å². The van der Waals surface area contributed by atoms with E-state index in [1.54, 1.807) is 32.4 Å². The maximum Gasteiger partial charge on any atom is 0.256 e. The Kier molecular flexibility index (Phi) is 4.39. The van der Waals surface area contributed by atoms with E-state index in [0.717, 1.165) is 5.56 Å². The first kappa shape index (κ1) is 16.9. The largest absolute Gasteiger partial charge is 0.495 e. The van der Waals surface area contributed by atoms with E-state index in [0.29, 0.717) is 34.7 Å². The SMILES string of the molecule is CCC(C)(O)C#Cc1cccc2c1/C(=C/c1[nH]ccc1OC)C(=O)N2. The first-order chi connectivity index (χ1) is 11.9. The second-order valence-electron chi connectivity index (χ2n) is 6.08. The monoisotopic (exact) mass is 336 g/mol. The van der Waals surface area contributed by atoms with Crippen molar-refractivity contribution in [3.8, 4) is 17.6 Å². The van der Waals surface area contributed by atoms with Gasteiger partial charge in [-0.15, -0.1) is 0 Å². The average molecular weight is 336 g/mol. The Bertz CT molecular complexity index is 911. The van der Waals surface area contributed by atoms with Crippen molar-refractivity contribution in [1.29, 1.82) is 0 Å². The van der Waals surface area contributed by atoms with Crippen LogP contribution in [0.1, 0.15) is 37.1 Å². The smallest absolute Gasteiger partial charge is 0.256 e. The molecular formula is C20H20N2O3. The van der Waals surface area contributed by atoms with Crippen molar-refractivity contribution in [3.05, 3.63) is 47.3 Å². The molecule has 0 radical (unpaired) electrons. The molecule has 1 aliphatic rings. The Balaban J connectivity index is 2.11. The number of aromatic nitrogens is 1. The lowest BCUT2D eigenvalue weighted by Crippen LogP contribution is -2.19. The summed E-state index contributed by atoms with van der Waals surface area (Å²) >= 11 is 0. The Morgan fingerprint density at radius 3 is 2.88 bits per heavy atom. The minimum atomic E-state index is -1.06. The van der Waals surface area contributed by atoms with Crippen molar-refractivity contribution < 1.29 is 14.6 Å². The summed E-state index contributed by atoms with van der Waals surface area (Å²) in [6.45, 7) is 3.55. The summed E-state index contributed by atoms with van der Waals surface area (Å²) in [6, 6.07) is 7.31. The van der Waals surface area contributed by atoms with Gasteiger partial charge in [0, 0.05) is 17.3 Å². The Morgan fingerprint density at radius 1 is 1.36 bits per heavy atom. The molecule has 0 saturated carbocycles. The van der Waals surface area contributed by atoms with Crippen LogP contribution in [0.3, 0.4) is 0 Å². The molecule has 0 spiro atoms. The fourth-order valence-corrected chi connectivity index (χ4v) is 2.59. The van der Waals surface area contributed by atoms with Crippen LogP contribution in [-0.2, 0) is 4.79 Å². The molecule has 128 valence electrons. The van der Waals surface area contributed by atoms with Crippen LogP contribution in [0.5, 0.6) is 5.75 Å². The van der Waals surface area contributed by atoms with E-state index in [2.05, 4.69) is 22.1 Å². The number of aromatic amines is 1. The molecule has 2 aromatic rings. The molecule has 5 heteroatoms. The zero-order chi connectivity index (χ0) is 18.0. The van der Waals surface area contributed by atoms with E-state index in [9.17, 15) is 9.90 Å². The molecule has 1 aliphatic heterocycles. The van der Waals surface area contributed by atoms with E-state index in [-0.39, 0.29) is 5.91 Å². The van der Waals surface area contributed by atoms with Crippen LogP contribution < -0.4 is 10.1 Å². The van der Waals surface area contributed by atoms with Gasteiger partial charge < -0.3 is 20.1 Å². The summed E-state index contributed by atoms with van der Waals surface area (Å²) in [6.07, 6.45) is 4.03. The van der Waals surface area contributed by atoms with Gasteiger partial charge in [0.25, 0.3) is 5.91 Å². The molecule has 0 bridgehead atoms. The summed E-state index contributed by atoms with van der Waals surface area (Å²) in [5.41, 5.74) is 2.31. The van der Waals surface area contributed by atoms with Crippen LogP contribution in [-0.4, -0.2) is 28.7 Å². The lowest BCUT2D eigenvalue weighted by atomic mass is 9.98. The molecule has 5 nitrogen and oxygen atoms in total. The minimum Gasteiger partial charge on any atom is -0.495 e. The van der Waals surface area contributed by atoms with E-state index >= 15 is 0 Å². The molecule has 1 amide bonds. The molecular weight excluding hydrogens is 316 g/mol. The third-order valence-electron chi connectivity index (χ3n) is 4.23. The zero-order valence-corrected chi connectivity index (χ0v) is 14.4. The van der Waals surface area contributed by atoms with Crippen LogP contribution in [0.2, 0.25) is 0 Å². The Labute approximate surface area is 146 Å². The van der Waals surface area contributed by atoms with E-state index in [4.69, 9.17) is 4.74 Å². The van der Waals surface area contributed by atoms with Crippen LogP contribution in [0, 0.1) is 11.8 Å². The van der Waals surface area contributed by atoms with Crippen molar-refractivity contribution in [3.63, 3.8) is 0 Å². The molecule has 1 atom stereocenters. The number of aliphatic hydroxyl groups is 1. The highest BCUT2D eigenvalue weighted by Gasteiger charge is 2.27. The Hall–Kier alpha value is -2.97. The first-order valence-electron chi connectivity index (χ1n) is 8.08. The van der Waals surface area contributed by atoms with Gasteiger partial charge in [-0.25, -0.2) is 0 Å². The van der Waals surface area contributed by atoms with Crippen LogP contribution >= 0.6 is 0 Å². The number of hydrogen-bond donors (Lipinski definition) is 3. The van der Waals surface area contributed by atoms with Crippen molar-refractivity contribution in [2.75, 3.05) is 12.4 Å². The van der Waals surface area contributed by atoms with E-state index in [1.165, 1.54) is 0 Å².